The van der Waals surface area contributed by atoms with Crippen LogP contribution < -0.4 is 5.32 Å². The molecule has 116 valence electrons. The van der Waals surface area contributed by atoms with Crippen LogP contribution in [0.1, 0.15) is 28.6 Å². The minimum absolute atomic E-state index is 0.00230. The summed E-state index contributed by atoms with van der Waals surface area (Å²) in [6, 6.07) is 1.33. The Morgan fingerprint density at radius 2 is 2.14 bits per heavy atom. The highest BCUT2D eigenvalue weighted by Crippen LogP contribution is 2.31. The maximum absolute atomic E-state index is 12.3. The molecule has 0 radical (unpaired) electrons. The molecule has 2 atom stereocenters. The molecule has 2 aromatic heterocycles. The number of aryl methyl sites for hydroxylation is 2. The molecule has 8 heteroatoms. The number of carbonyl (C=O) groups is 2. The molecule has 1 saturated heterocycles. The van der Waals surface area contributed by atoms with Crippen LogP contribution in [0.2, 0.25) is 0 Å². The summed E-state index contributed by atoms with van der Waals surface area (Å²) in [6.45, 7) is 0. The second-order valence-electron chi connectivity index (χ2n) is 5.54. The molecule has 3 heterocycles. The van der Waals surface area contributed by atoms with E-state index in [1.165, 1.54) is 0 Å². The molecule has 1 aliphatic heterocycles. The van der Waals surface area contributed by atoms with Crippen molar-refractivity contribution in [2.24, 2.45) is 14.1 Å². The van der Waals surface area contributed by atoms with E-state index in [-0.39, 0.29) is 30.3 Å². The zero-order valence-corrected chi connectivity index (χ0v) is 12.7. The molecule has 8 nitrogen and oxygen atoms in total. The second kappa shape index (κ2) is 5.28. The SMILES string of the molecule is CN1C(=O)C[C@@H](NC(=O)c2cn(C)cn2)[C@@H]1c1ccnn1C. The van der Waals surface area contributed by atoms with E-state index in [4.69, 9.17) is 0 Å². The van der Waals surface area contributed by atoms with Crippen molar-refractivity contribution in [2.45, 2.75) is 18.5 Å². The van der Waals surface area contributed by atoms with Gasteiger partial charge in [0, 0.05) is 40.0 Å². The Balaban J connectivity index is 1.84. The summed E-state index contributed by atoms with van der Waals surface area (Å²) in [7, 11) is 5.37. The lowest BCUT2D eigenvalue weighted by molar-refractivity contribution is -0.127. The Morgan fingerprint density at radius 1 is 1.36 bits per heavy atom. The Hall–Kier alpha value is -2.64. The average molecular weight is 302 g/mol. The third-order valence-electron chi connectivity index (χ3n) is 4.00. The van der Waals surface area contributed by atoms with Gasteiger partial charge in [0.15, 0.2) is 0 Å². The molecule has 0 unspecified atom stereocenters. The van der Waals surface area contributed by atoms with Crippen molar-refractivity contribution in [2.75, 3.05) is 7.05 Å². The van der Waals surface area contributed by atoms with Crippen LogP contribution >= 0.6 is 0 Å². The lowest BCUT2D eigenvalue weighted by atomic mass is 10.1. The number of carbonyl (C=O) groups excluding carboxylic acids is 2. The number of aromatic nitrogens is 4. The Bertz CT molecular complexity index is 718. The van der Waals surface area contributed by atoms with Gasteiger partial charge in [-0.1, -0.05) is 0 Å². The van der Waals surface area contributed by atoms with Gasteiger partial charge in [-0.3, -0.25) is 14.3 Å². The van der Waals surface area contributed by atoms with E-state index in [2.05, 4.69) is 15.4 Å². The number of hydrogen-bond donors (Lipinski definition) is 1. The maximum Gasteiger partial charge on any atom is 0.271 e. The number of hydrogen-bond acceptors (Lipinski definition) is 4. The number of rotatable bonds is 3. The molecule has 0 aliphatic carbocycles. The van der Waals surface area contributed by atoms with Crippen LogP contribution in [-0.4, -0.2) is 49.1 Å². The summed E-state index contributed by atoms with van der Waals surface area (Å²) in [5.74, 6) is -0.279. The van der Waals surface area contributed by atoms with Crippen molar-refractivity contribution in [3.8, 4) is 0 Å². The Kier molecular flexibility index (Phi) is 3.44. The first-order valence-electron chi connectivity index (χ1n) is 6.99. The second-order valence-corrected chi connectivity index (χ2v) is 5.54. The van der Waals surface area contributed by atoms with Gasteiger partial charge in [0.2, 0.25) is 5.91 Å². The molecule has 22 heavy (non-hydrogen) atoms. The lowest BCUT2D eigenvalue weighted by Crippen LogP contribution is -2.39. The van der Waals surface area contributed by atoms with Gasteiger partial charge in [0.25, 0.3) is 5.91 Å². The fourth-order valence-electron chi connectivity index (χ4n) is 2.85. The van der Waals surface area contributed by atoms with Crippen molar-refractivity contribution in [1.29, 1.82) is 0 Å². The minimum Gasteiger partial charge on any atom is -0.345 e. The molecule has 0 spiro atoms. The minimum atomic E-state index is -0.303. The normalized spacial score (nSPS) is 21.4. The highest BCUT2D eigenvalue weighted by atomic mass is 16.2. The topological polar surface area (TPSA) is 85.1 Å². The van der Waals surface area contributed by atoms with E-state index in [0.29, 0.717) is 5.69 Å². The maximum atomic E-state index is 12.3. The fourth-order valence-corrected chi connectivity index (χ4v) is 2.85. The van der Waals surface area contributed by atoms with Crippen LogP contribution in [-0.2, 0) is 18.9 Å². The number of amides is 2. The summed E-state index contributed by atoms with van der Waals surface area (Å²) < 4.78 is 3.43. The van der Waals surface area contributed by atoms with E-state index in [1.807, 2.05) is 13.1 Å². The van der Waals surface area contributed by atoms with Gasteiger partial charge >= 0.3 is 0 Å². The van der Waals surface area contributed by atoms with Gasteiger partial charge in [-0.15, -0.1) is 0 Å². The van der Waals surface area contributed by atoms with Gasteiger partial charge in [0.1, 0.15) is 5.69 Å². The standard InChI is InChI=1S/C14H18N6O2/c1-18-7-10(15-8-18)14(22)17-9-6-12(21)19(2)13(9)11-4-5-16-20(11)3/h4-5,7-9,13H,6H2,1-3H3,(H,17,22)/t9-,13-/m1/s1. The number of imidazole rings is 1. The summed E-state index contributed by atoms with van der Waals surface area (Å²) in [6.07, 6.45) is 5.17. The lowest BCUT2D eigenvalue weighted by Gasteiger charge is -2.25. The van der Waals surface area contributed by atoms with Crippen molar-refractivity contribution in [1.82, 2.24) is 29.5 Å². The fraction of sp³-hybridized carbons (Fsp3) is 0.429. The van der Waals surface area contributed by atoms with E-state index in [1.54, 1.807) is 47.0 Å². The Morgan fingerprint density at radius 3 is 2.73 bits per heavy atom. The predicted octanol–water partition coefficient (Wildman–Crippen LogP) is -0.145. The van der Waals surface area contributed by atoms with Gasteiger partial charge in [-0.25, -0.2) is 4.98 Å². The van der Waals surface area contributed by atoms with Gasteiger partial charge in [-0.05, 0) is 6.07 Å². The first kappa shape index (κ1) is 14.3. The molecule has 1 fully saturated rings. The van der Waals surface area contributed by atoms with Crippen LogP contribution in [0, 0.1) is 0 Å². The zero-order valence-electron chi connectivity index (χ0n) is 12.7. The molecule has 3 rings (SSSR count). The van der Waals surface area contributed by atoms with E-state index >= 15 is 0 Å². The van der Waals surface area contributed by atoms with Crippen molar-refractivity contribution in [3.05, 3.63) is 36.2 Å². The number of likely N-dealkylation sites (tertiary alicyclic amines) is 1. The van der Waals surface area contributed by atoms with Gasteiger partial charge < -0.3 is 14.8 Å². The molecular formula is C14H18N6O2. The van der Waals surface area contributed by atoms with E-state index in [9.17, 15) is 9.59 Å². The molecule has 0 aromatic carbocycles. The third-order valence-corrected chi connectivity index (χ3v) is 4.00. The highest BCUT2D eigenvalue weighted by molar-refractivity contribution is 5.93. The van der Waals surface area contributed by atoms with Crippen LogP contribution in [0.15, 0.2) is 24.8 Å². The number of nitrogens with zero attached hydrogens (tertiary/aromatic N) is 5. The van der Waals surface area contributed by atoms with E-state index < -0.39 is 0 Å². The van der Waals surface area contributed by atoms with Gasteiger partial charge in [0.05, 0.1) is 24.1 Å². The zero-order chi connectivity index (χ0) is 15.9. The van der Waals surface area contributed by atoms with Crippen molar-refractivity contribution < 1.29 is 9.59 Å². The van der Waals surface area contributed by atoms with Crippen molar-refractivity contribution >= 4 is 11.8 Å². The van der Waals surface area contributed by atoms with Crippen LogP contribution in [0.3, 0.4) is 0 Å². The first-order chi connectivity index (χ1) is 10.5. The summed E-state index contributed by atoms with van der Waals surface area (Å²) in [5.41, 5.74) is 1.23. The summed E-state index contributed by atoms with van der Waals surface area (Å²) in [4.78, 5) is 30.0. The van der Waals surface area contributed by atoms with Gasteiger partial charge in [-0.2, -0.15) is 5.10 Å². The van der Waals surface area contributed by atoms with Crippen LogP contribution in [0.5, 0.6) is 0 Å². The summed E-state index contributed by atoms with van der Waals surface area (Å²) in [5, 5.41) is 7.06. The molecule has 1 aliphatic rings. The third kappa shape index (κ3) is 2.36. The van der Waals surface area contributed by atoms with Crippen LogP contribution in [0.25, 0.3) is 0 Å². The van der Waals surface area contributed by atoms with Crippen LogP contribution in [0.4, 0.5) is 0 Å². The highest BCUT2D eigenvalue weighted by Gasteiger charge is 2.41. The quantitative estimate of drug-likeness (QED) is 0.855. The van der Waals surface area contributed by atoms with Crippen molar-refractivity contribution in [3.63, 3.8) is 0 Å². The monoisotopic (exact) mass is 302 g/mol. The number of nitrogens with one attached hydrogen (secondary N) is 1. The summed E-state index contributed by atoms with van der Waals surface area (Å²) >= 11 is 0. The largest absolute Gasteiger partial charge is 0.345 e. The average Bonchev–Trinajstić information content (AvgIpc) is 3.13. The Labute approximate surface area is 127 Å². The molecule has 0 bridgehead atoms. The smallest absolute Gasteiger partial charge is 0.271 e. The molecule has 2 aromatic rings. The first-order valence-corrected chi connectivity index (χ1v) is 6.99. The molecular weight excluding hydrogens is 284 g/mol. The number of likely N-dealkylation sites (N-methyl/N-ethyl adjacent to an activating group) is 1. The molecule has 0 saturated carbocycles. The molecule has 1 N–H and O–H groups in total. The predicted molar refractivity (Wildman–Crippen MR) is 77.8 cm³/mol. The molecule has 2 amide bonds. The van der Waals surface area contributed by atoms with E-state index in [0.717, 1.165) is 5.69 Å².